The Morgan fingerprint density at radius 2 is 1.20 bits per heavy atom. The Morgan fingerprint density at radius 3 is 1.47 bits per heavy atom. The maximum absolute atomic E-state index is 10.1. The van der Waals surface area contributed by atoms with Crippen molar-refractivity contribution in [2.75, 3.05) is 12.5 Å². The Hall–Kier alpha value is -0.666. The van der Waals surface area contributed by atoms with Crippen LogP contribution < -0.4 is 0 Å². The average Bonchev–Trinajstić information content (AvgIpc) is 2.10. The molecule has 0 fully saturated rings. The zero-order chi connectivity index (χ0) is 11.9. The minimum absolute atomic E-state index is 0.327. The summed E-state index contributed by atoms with van der Waals surface area (Å²) in [6.45, 7) is 8.71. The van der Waals surface area contributed by atoms with Gasteiger partial charge in [0, 0.05) is 0 Å². The van der Waals surface area contributed by atoms with Crippen LogP contribution in [0.5, 0.6) is 0 Å². The third kappa shape index (κ3) is 7.28. The molecule has 0 saturated carbocycles. The van der Waals surface area contributed by atoms with Gasteiger partial charge in [-0.05, 0) is 26.2 Å². The molecule has 0 N–H and O–H groups in total. The summed E-state index contributed by atoms with van der Waals surface area (Å²) in [5, 5.41) is 0. The van der Waals surface area contributed by atoms with Crippen molar-refractivity contribution < 1.29 is 23.2 Å². The van der Waals surface area contributed by atoms with E-state index in [4.69, 9.17) is 13.6 Å². The first-order valence-electron chi connectivity index (χ1n) is 4.64. The summed E-state index contributed by atoms with van der Waals surface area (Å²) in [6.07, 6.45) is 0.655. The maximum Gasteiger partial charge on any atom is 0.292 e. The molecule has 5 nitrogen and oxygen atoms in total. The Morgan fingerprint density at radius 1 is 0.867 bits per heavy atom. The van der Waals surface area contributed by atoms with E-state index < -0.39 is 16.6 Å². The first-order valence-corrected chi connectivity index (χ1v) is 10.9. The molecule has 0 aliphatic rings. The normalized spacial score (nSPS) is 12.0. The molecule has 0 saturated heterocycles. The van der Waals surface area contributed by atoms with Gasteiger partial charge < -0.3 is 13.6 Å². The van der Waals surface area contributed by atoms with Crippen LogP contribution >= 0.6 is 0 Å². The van der Waals surface area contributed by atoms with Crippen molar-refractivity contribution >= 4 is 29.6 Å². The van der Waals surface area contributed by atoms with Crippen LogP contribution in [0.15, 0.2) is 0 Å². The molecule has 0 heterocycles. The Balaban J connectivity index is 4.15. The first-order chi connectivity index (χ1) is 6.83. The van der Waals surface area contributed by atoms with Gasteiger partial charge in [-0.3, -0.25) is 9.59 Å². The Kier molecular flexibility index (Phi) is 5.77. The minimum Gasteiger partial charge on any atom is -0.469 e. The monoisotopic (exact) mass is 250 g/mol. The summed E-state index contributed by atoms with van der Waals surface area (Å²) < 4.78 is 15.4. The van der Waals surface area contributed by atoms with Crippen LogP contribution in [0.4, 0.5) is 0 Å². The molecule has 15 heavy (non-hydrogen) atoms. The summed E-state index contributed by atoms with van der Waals surface area (Å²) in [7, 11) is -3.99. The van der Waals surface area contributed by atoms with Crippen molar-refractivity contribution in [3.05, 3.63) is 0 Å². The van der Waals surface area contributed by atoms with Crippen LogP contribution in [0.1, 0.15) is 0 Å². The van der Waals surface area contributed by atoms with E-state index in [1.165, 1.54) is 0 Å². The van der Waals surface area contributed by atoms with E-state index in [0.717, 1.165) is 0 Å². The molecule has 0 amide bonds. The maximum atomic E-state index is 10.1. The molecule has 0 radical (unpaired) electrons. The van der Waals surface area contributed by atoms with Crippen molar-refractivity contribution in [3.8, 4) is 0 Å². The molecule has 0 aromatic rings. The predicted octanol–water partition coefficient (Wildman–Crippen LogP) is 0.838. The van der Waals surface area contributed by atoms with Gasteiger partial charge in [-0.25, -0.2) is 0 Å². The highest BCUT2D eigenvalue weighted by molar-refractivity contribution is 6.84. The van der Waals surface area contributed by atoms with Gasteiger partial charge in [0.25, 0.3) is 12.9 Å². The topological polar surface area (TPSA) is 61.8 Å². The molecule has 88 valence electrons. The van der Waals surface area contributed by atoms with Gasteiger partial charge in [0.05, 0.1) is 0 Å². The lowest BCUT2D eigenvalue weighted by atomic mass is 11.5. The van der Waals surface area contributed by atoms with Gasteiger partial charge in [0.2, 0.25) is 16.6 Å². The van der Waals surface area contributed by atoms with E-state index in [9.17, 15) is 9.59 Å². The molecule has 0 bridgehead atoms. The largest absolute Gasteiger partial charge is 0.469 e. The smallest absolute Gasteiger partial charge is 0.292 e. The molecule has 0 atom stereocenters. The fourth-order valence-electron chi connectivity index (χ4n) is 1.28. The lowest BCUT2D eigenvalue weighted by Crippen LogP contribution is -2.50. The van der Waals surface area contributed by atoms with Crippen molar-refractivity contribution in [2.24, 2.45) is 0 Å². The lowest BCUT2D eigenvalue weighted by molar-refractivity contribution is -0.127. The van der Waals surface area contributed by atoms with Gasteiger partial charge in [-0.1, -0.05) is 0 Å². The molecule has 0 aromatic heterocycles. The van der Waals surface area contributed by atoms with E-state index in [0.29, 0.717) is 25.4 Å². The molecular formula is C8H18O5Si2. The van der Waals surface area contributed by atoms with E-state index in [1.807, 2.05) is 26.2 Å². The summed E-state index contributed by atoms with van der Waals surface area (Å²) in [4.78, 5) is 20.1. The van der Waals surface area contributed by atoms with E-state index in [2.05, 4.69) is 0 Å². The molecule has 0 aliphatic heterocycles. The summed E-state index contributed by atoms with van der Waals surface area (Å²) >= 11 is 0. The summed E-state index contributed by atoms with van der Waals surface area (Å²) in [5.41, 5.74) is 0. The van der Waals surface area contributed by atoms with Gasteiger partial charge >= 0.3 is 0 Å². The number of ether oxygens (including phenoxy) is 2. The highest BCUT2D eigenvalue weighted by atomic mass is 28.4. The third-order valence-corrected chi connectivity index (χ3v) is 7.69. The molecule has 0 spiro atoms. The molecular weight excluding hydrogens is 232 g/mol. The molecule has 0 rings (SSSR count). The van der Waals surface area contributed by atoms with Crippen LogP contribution in [-0.2, 0) is 23.2 Å². The number of hydrogen-bond donors (Lipinski definition) is 0. The molecule has 7 heteroatoms. The lowest BCUT2D eigenvalue weighted by Gasteiger charge is -2.32. The van der Waals surface area contributed by atoms with Gasteiger partial charge in [0.15, 0.2) is 0 Å². The highest BCUT2D eigenvalue weighted by Gasteiger charge is 2.34. The Labute approximate surface area is 92.0 Å². The molecule has 0 aromatic carbocycles. The second-order valence-electron chi connectivity index (χ2n) is 4.44. The van der Waals surface area contributed by atoms with Crippen LogP contribution in [-0.4, -0.2) is 42.0 Å². The summed E-state index contributed by atoms with van der Waals surface area (Å²) in [6, 6.07) is 0. The van der Waals surface area contributed by atoms with E-state index >= 15 is 0 Å². The van der Waals surface area contributed by atoms with E-state index in [-0.39, 0.29) is 0 Å². The number of carbonyl (C=O) groups excluding carboxylic acids is 2. The second-order valence-corrected chi connectivity index (χ2v) is 12.9. The average molecular weight is 250 g/mol. The zero-order valence-corrected chi connectivity index (χ0v) is 11.6. The van der Waals surface area contributed by atoms with Gasteiger partial charge in [-0.2, -0.15) is 0 Å². The Bertz CT molecular complexity index is 195. The fraction of sp³-hybridized carbons (Fsp3) is 0.750. The third-order valence-electron chi connectivity index (χ3n) is 1.55. The van der Waals surface area contributed by atoms with Crippen molar-refractivity contribution in [1.29, 1.82) is 0 Å². The highest BCUT2D eigenvalue weighted by Crippen LogP contribution is 2.14. The van der Waals surface area contributed by atoms with Crippen molar-refractivity contribution in [1.82, 2.24) is 0 Å². The van der Waals surface area contributed by atoms with Crippen molar-refractivity contribution in [3.63, 3.8) is 0 Å². The number of hydrogen-bond acceptors (Lipinski definition) is 5. The van der Waals surface area contributed by atoms with Gasteiger partial charge in [0.1, 0.15) is 12.5 Å². The number of carbonyl (C=O) groups is 2. The summed E-state index contributed by atoms with van der Waals surface area (Å²) in [5.74, 6) is 0. The van der Waals surface area contributed by atoms with Crippen LogP contribution in [0.3, 0.4) is 0 Å². The molecule has 0 aliphatic carbocycles. The minimum atomic E-state index is -2.00. The van der Waals surface area contributed by atoms with Crippen LogP contribution in [0, 0.1) is 0 Å². The quantitative estimate of drug-likeness (QED) is 0.472. The van der Waals surface area contributed by atoms with Crippen molar-refractivity contribution in [2.45, 2.75) is 26.2 Å². The second kappa shape index (κ2) is 6.03. The number of rotatable bonds is 8. The predicted molar refractivity (Wildman–Crippen MR) is 60.1 cm³/mol. The SMILES string of the molecule is C[Si](C)(COC=O)O[Si](C)(C)COC=O. The van der Waals surface area contributed by atoms with Gasteiger partial charge in [-0.15, -0.1) is 0 Å². The van der Waals surface area contributed by atoms with Crippen LogP contribution in [0.25, 0.3) is 0 Å². The zero-order valence-electron chi connectivity index (χ0n) is 9.61. The first kappa shape index (κ1) is 14.3. The van der Waals surface area contributed by atoms with Crippen LogP contribution in [0.2, 0.25) is 26.2 Å². The molecule has 0 unspecified atom stereocenters. The fourth-order valence-corrected chi connectivity index (χ4v) is 8.67. The van der Waals surface area contributed by atoms with E-state index in [1.54, 1.807) is 0 Å². The standard InChI is InChI=1S/C8H18O5Si2/c1-14(2,7-11-5-9)13-15(3,4)8-12-6-10/h5-6H,7-8H2,1-4H3.